The Bertz CT molecular complexity index is 365. The van der Waals surface area contributed by atoms with Crippen LogP contribution in [0.2, 0.25) is 0 Å². The van der Waals surface area contributed by atoms with Crippen molar-refractivity contribution >= 4 is 45.7 Å². The van der Waals surface area contributed by atoms with Crippen molar-refractivity contribution in [2.75, 3.05) is 13.1 Å². The molecule has 82 valence electrons. The predicted molar refractivity (Wildman–Crippen MR) is 68.1 cm³/mol. The first-order chi connectivity index (χ1) is 7.09. The maximum Gasteiger partial charge on any atom is 0.252 e. The van der Waals surface area contributed by atoms with Gasteiger partial charge in [-0.05, 0) is 28.7 Å². The highest BCUT2D eigenvalue weighted by Gasteiger charge is 2.06. The SMILES string of the molecule is CC(=O)NCCNC(=O)c1csc(I)c1. The number of rotatable bonds is 4. The molecule has 0 aliphatic carbocycles. The minimum Gasteiger partial charge on any atom is -0.355 e. The van der Waals surface area contributed by atoms with Crippen molar-refractivity contribution in [2.24, 2.45) is 0 Å². The first kappa shape index (κ1) is 12.4. The quantitative estimate of drug-likeness (QED) is 0.641. The van der Waals surface area contributed by atoms with E-state index in [-0.39, 0.29) is 11.8 Å². The zero-order chi connectivity index (χ0) is 11.3. The molecule has 2 N–H and O–H groups in total. The van der Waals surface area contributed by atoms with E-state index < -0.39 is 0 Å². The first-order valence-corrected chi connectivity index (χ1v) is 6.32. The molecule has 1 aromatic heterocycles. The largest absolute Gasteiger partial charge is 0.355 e. The second-order valence-electron chi connectivity index (χ2n) is 2.88. The number of nitrogens with one attached hydrogen (secondary N) is 2. The molecule has 0 aliphatic rings. The van der Waals surface area contributed by atoms with Gasteiger partial charge in [-0.3, -0.25) is 9.59 Å². The minimum atomic E-state index is -0.0977. The summed E-state index contributed by atoms with van der Waals surface area (Å²) in [5.74, 6) is -0.186. The minimum absolute atomic E-state index is 0.0886. The third kappa shape index (κ3) is 4.61. The number of carbonyl (C=O) groups is 2. The van der Waals surface area contributed by atoms with Gasteiger partial charge in [-0.25, -0.2) is 0 Å². The molecule has 0 aromatic carbocycles. The number of hydrogen-bond donors (Lipinski definition) is 2. The number of hydrogen-bond acceptors (Lipinski definition) is 3. The van der Waals surface area contributed by atoms with Crippen molar-refractivity contribution < 1.29 is 9.59 Å². The summed E-state index contributed by atoms with van der Waals surface area (Å²) in [5, 5.41) is 7.14. The lowest BCUT2D eigenvalue weighted by Crippen LogP contribution is -2.33. The standard InChI is InChI=1S/C9H11IN2O2S/c1-6(13)11-2-3-12-9(14)7-4-8(10)15-5-7/h4-5H,2-3H2,1H3,(H,11,13)(H,12,14). The van der Waals surface area contributed by atoms with E-state index in [2.05, 4.69) is 33.2 Å². The van der Waals surface area contributed by atoms with Gasteiger partial charge in [-0.2, -0.15) is 0 Å². The average molecular weight is 338 g/mol. The van der Waals surface area contributed by atoms with Gasteiger partial charge in [-0.15, -0.1) is 11.3 Å². The second kappa shape index (κ2) is 6.06. The van der Waals surface area contributed by atoms with E-state index in [1.54, 1.807) is 0 Å². The van der Waals surface area contributed by atoms with Crippen LogP contribution in [-0.2, 0) is 4.79 Å². The molecule has 0 bridgehead atoms. The van der Waals surface area contributed by atoms with E-state index in [0.29, 0.717) is 18.7 Å². The van der Waals surface area contributed by atoms with Crippen molar-refractivity contribution in [1.29, 1.82) is 0 Å². The molecule has 0 spiro atoms. The molecule has 0 atom stereocenters. The van der Waals surface area contributed by atoms with Gasteiger partial charge in [0.05, 0.1) is 8.45 Å². The third-order valence-electron chi connectivity index (χ3n) is 1.61. The van der Waals surface area contributed by atoms with Crippen molar-refractivity contribution in [3.05, 3.63) is 19.9 Å². The monoisotopic (exact) mass is 338 g/mol. The topological polar surface area (TPSA) is 58.2 Å². The van der Waals surface area contributed by atoms with E-state index in [0.717, 1.165) is 2.88 Å². The normalized spacial score (nSPS) is 9.73. The number of carbonyl (C=O) groups excluding carboxylic acids is 2. The summed E-state index contributed by atoms with van der Waals surface area (Å²) >= 11 is 3.70. The van der Waals surface area contributed by atoms with Crippen LogP contribution in [0, 0.1) is 2.88 Å². The zero-order valence-corrected chi connectivity index (χ0v) is 11.1. The molecule has 0 unspecified atom stereocenters. The van der Waals surface area contributed by atoms with Gasteiger partial charge in [0.1, 0.15) is 0 Å². The summed E-state index contributed by atoms with van der Waals surface area (Å²) < 4.78 is 1.08. The lowest BCUT2D eigenvalue weighted by molar-refractivity contribution is -0.118. The molecule has 0 fully saturated rings. The van der Waals surface area contributed by atoms with Crippen LogP contribution < -0.4 is 10.6 Å². The Balaban J connectivity index is 2.28. The maximum atomic E-state index is 11.5. The Kier molecular flexibility index (Phi) is 5.03. The second-order valence-corrected chi connectivity index (χ2v) is 5.68. The summed E-state index contributed by atoms with van der Waals surface area (Å²) in [4.78, 5) is 22.0. The highest BCUT2D eigenvalue weighted by molar-refractivity contribution is 14.1. The maximum absolute atomic E-state index is 11.5. The third-order valence-corrected chi connectivity index (χ3v) is 3.40. The summed E-state index contributed by atoms with van der Waals surface area (Å²) in [6.45, 7) is 2.36. The van der Waals surface area contributed by atoms with Crippen molar-refractivity contribution in [2.45, 2.75) is 6.92 Å². The smallest absolute Gasteiger partial charge is 0.252 e. The molecule has 0 radical (unpaired) electrons. The van der Waals surface area contributed by atoms with Crippen LogP contribution in [0.25, 0.3) is 0 Å². The van der Waals surface area contributed by atoms with Crippen LogP contribution in [0.5, 0.6) is 0 Å². The lowest BCUT2D eigenvalue weighted by atomic mass is 10.3. The molecule has 0 aliphatic heterocycles. The fraction of sp³-hybridized carbons (Fsp3) is 0.333. The fourth-order valence-corrected chi connectivity index (χ4v) is 2.27. The highest BCUT2D eigenvalue weighted by Crippen LogP contribution is 2.16. The van der Waals surface area contributed by atoms with Gasteiger partial charge in [0.15, 0.2) is 0 Å². The van der Waals surface area contributed by atoms with Crippen LogP contribution in [-0.4, -0.2) is 24.9 Å². The van der Waals surface area contributed by atoms with E-state index in [1.807, 2.05) is 11.4 Å². The van der Waals surface area contributed by atoms with Gasteiger partial charge < -0.3 is 10.6 Å². The van der Waals surface area contributed by atoms with Gasteiger partial charge in [0.25, 0.3) is 5.91 Å². The summed E-state index contributed by atoms with van der Waals surface area (Å²) in [5.41, 5.74) is 0.673. The number of amides is 2. The van der Waals surface area contributed by atoms with Crippen LogP contribution in [0.4, 0.5) is 0 Å². The van der Waals surface area contributed by atoms with E-state index in [9.17, 15) is 9.59 Å². The molecule has 1 aromatic rings. The molecule has 1 heterocycles. The van der Waals surface area contributed by atoms with Gasteiger partial charge in [0.2, 0.25) is 5.91 Å². The van der Waals surface area contributed by atoms with E-state index in [1.165, 1.54) is 18.3 Å². The Morgan fingerprint density at radius 1 is 1.40 bits per heavy atom. The first-order valence-electron chi connectivity index (χ1n) is 4.36. The van der Waals surface area contributed by atoms with Gasteiger partial charge in [0, 0.05) is 25.4 Å². The zero-order valence-electron chi connectivity index (χ0n) is 8.17. The molecule has 0 saturated carbocycles. The molecule has 2 amide bonds. The van der Waals surface area contributed by atoms with Gasteiger partial charge in [-0.1, -0.05) is 0 Å². The summed E-state index contributed by atoms with van der Waals surface area (Å²) in [7, 11) is 0. The summed E-state index contributed by atoms with van der Waals surface area (Å²) in [6.07, 6.45) is 0. The van der Waals surface area contributed by atoms with Gasteiger partial charge >= 0.3 is 0 Å². The van der Waals surface area contributed by atoms with Crippen molar-refractivity contribution in [3.63, 3.8) is 0 Å². The Labute approximate surface area is 106 Å². The molecule has 0 saturated heterocycles. The van der Waals surface area contributed by atoms with Crippen LogP contribution >= 0.6 is 33.9 Å². The predicted octanol–water partition coefficient (Wildman–Crippen LogP) is 1.22. The van der Waals surface area contributed by atoms with Crippen LogP contribution in [0.15, 0.2) is 11.4 Å². The van der Waals surface area contributed by atoms with Crippen molar-refractivity contribution in [1.82, 2.24) is 10.6 Å². The van der Waals surface area contributed by atoms with Crippen LogP contribution in [0.1, 0.15) is 17.3 Å². The summed E-state index contributed by atoms with van der Waals surface area (Å²) in [6, 6.07) is 1.83. The van der Waals surface area contributed by atoms with E-state index >= 15 is 0 Å². The highest BCUT2D eigenvalue weighted by atomic mass is 127. The number of thiophene rings is 1. The van der Waals surface area contributed by atoms with Crippen LogP contribution in [0.3, 0.4) is 0 Å². The van der Waals surface area contributed by atoms with Crippen molar-refractivity contribution in [3.8, 4) is 0 Å². The average Bonchev–Trinajstić information content (AvgIpc) is 2.59. The molecule has 4 nitrogen and oxygen atoms in total. The molecular weight excluding hydrogens is 327 g/mol. The molecule has 1 rings (SSSR count). The fourth-order valence-electron chi connectivity index (χ4n) is 0.946. The molecule has 6 heteroatoms. The Morgan fingerprint density at radius 3 is 2.60 bits per heavy atom. The molecular formula is C9H11IN2O2S. The van der Waals surface area contributed by atoms with E-state index in [4.69, 9.17) is 0 Å². The molecule has 15 heavy (non-hydrogen) atoms. The number of halogens is 1. The Morgan fingerprint density at radius 2 is 2.07 bits per heavy atom. The Hall–Kier alpha value is -0.630. The lowest BCUT2D eigenvalue weighted by Gasteiger charge is -2.03.